The zero-order valence-corrected chi connectivity index (χ0v) is 31.8. The van der Waals surface area contributed by atoms with Gasteiger partial charge in [-0.1, -0.05) is 25.5 Å². The van der Waals surface area contributed by atoms with Crippen LogP contribution in [0.1, 0.15) is 71.7 Å². The van der Waals surface area contributed by atoms with Gasteiger partial charge in [-0.2, -0.15) is 0 Å². The molecule has 5 aliphatic rings. The van der Waals surface area contributed by atoms with E-state index in [4.69, 9.17) is 11.5 Å². The molecule has 5 heterocycles. The molecule has 0 bridgehead atoms. The average molecular weight is 754 g/mol. The van der Waals surface area contributed by atoms with Crippen LogP contribution in [0.25, 0.3) is 5.70 Å². The van der Waals surface area contributed by atoms with Crippen molar-refractivity contribution in [3.63, 3.8) is 0 Å². The number of phenols is 1. The van der Waals surface area contributed by atoms with Crippen LogP contribution in [0.3, 0.4) is 0 Å². The number of amides is 4. The maximum Gasteiger partial charge on any atom is 0.262 e. The number of rotatable bonds is 12. The molecule has 3 saturated heterocycles. The van der Waals surface area contributed by atoms with Gasteiger partial charge in [0.05, 0.1) is 22.9 Å². The minimum absolute atomic E-state index is 0.154. The van der Waals surface area contributed by atoms with E-state index in [1.54, 1.807) is 24.3 Å². The Hall–Kier alpha value is -5.08. The van der Waals surface area contributed by atoms with Crippen molar-refractivity contribution in [2.45, 2.75) is 57.5 Å². The van der Waals surface area contributed by atoms with Crippen molar-refractivity contribution < 1.29 is 24.3 Å². The smallest absolute Gasteiger partial charge is 0.262 e. The van der Waals surface area contributed by atoms with Crippen LogP contribution in [-0.4, -0.2) is 126 Å². The molecular formula is C41H55N9O5. The van der Waals surface area contributed by atoms with Gasteiger partial charge in [-0.25, -0.2) is 0 Å². The molecule has 55 heavy (non-hydrogen) atoms. The summed E-state index contributed by atoms with van der Waals surface area (Å²) in [5.74, 6) is 0.451. The molecule has 2 atom stereocenters. The normalized spacial score (nSPS) is 22.4. The second-order valence-corrected chi connectivity index (χ2v) is 15.7. The van der Waals surface area contributed by atoms with Crippen LogP contribution < -0.4 is 27.0 Å². The van der Waals surface area contributed by atoms with E-state index in [-0.39, 0.29) is 18.6 Å². The number of nitrogens with one attached hydrogen (secondary N) is 2. The van der Waals surface area contributed by atoms with E-state index in [1.165, 1.54) is 12.8 Å². The van der Waals surface area contributed by atoms with Gasteiger partial charge < -0.3 is 36.6 Å². The summed E-state index contributed by atoms with van der Waals surface area (Å²) in [5, 5.41) is 15.8. The predicted octanol–water partition coefficient (Wildman–Crippen LogP) is 2.07. The lowest BCUT2D eigenvalue weighted by Crippen LogP contribution is -2.60. The average Bonchev–Trinajstić information content (AvgIpc) is 3.44. The Morgan fingerprint density at radius 3 is 2.35 bits per heavy atom. The summed E-state index contributed by atoms with van der Waals surface area (Å²) in [6.07, 6.45) is 7.57. The first kappa shape index (κ1) is 38.2. The number of carbonyl (C=O) groups excluding carboxylic acids is 4. The number of piperidine rings is 2. The molecule has 294 valence electrons. The maximum absolute atomic E-state index is 13.4. The number of carbonyl (C=O) groups is 4. The SMILES string of the molecule is CCCC(C(=O)NC=O)N1C(=O)c2ccc(N3CCC(CN4CCC(CN5CCN6C(/C=C(\N)c7ccccc7O)=C(N)NCC6C5)CC4)CC3)cc2C1=O. The number of likely N-dealkylation sites (tertiary alicyclic amines) is 1. The van der Waals surface area contributed by atoms with Crippen LogP contribution in [0.4, 0.5) is 5.69 Å². The van der Waals surface area contributed by atoms with E-state index in [1.807, 2.05) is 31.2 Å². The molecule has 2 aromatic rings. The number of piperazine rings is 1. The Morgan fingerprint density at radius 1 is 0.945 bits per heavy atom. The second kappa shape index (κ2) is 16.7. The number of aromatic hydroxyl groups is 1. The molecule has 4 amide bonds. The number of nitrogens with two attached hydrogens (primary N) is 2. The molecule has 14 heteroatoms. The number of para-hydroxylation sites is 1. The molecule has 0 saturated carbocycles. The second-order valence-electron chi connectivity index (χ2n) is 15.7. The van der Waals surface area contributed by atoms with E-state index in [9.17, 15) is 24.3 Å². The van der Waals surface area contributed by atoms with Crippen LogP contribution in [0.2, 0.25) is 0 Å². The maximum atomic E-state index is 13.4. The summed E-state index contributed by atoms with van der Waals surface area (Å²) in [6, 6.07) is 11.8. The molecule has 3 fully saturated rings. The van der Waals surface area contributed by atoms with Gasteiger partial charge in [0.15, 0.2) is 0 Å². The molecule has 0 aromatic heterocycles. The summed E-state index contributed by atoms with van der Waals surface area (Å²) in [4.78, 5) is 61.0. The molecular weight excluding hydrogens is 699 g/mol. The Morgan fingerprint density at radius 2 is 1.64 bits per heavy atom. The number of anilines is 1. The fourth-order valence-corrected chi connectivity index (χ4v) is 9.14. The van der Waals surface area contributed by atoms with E-state index in [2.05, 4.69) is 30.2 Å². The lowest BCUT2D eigenvalue weighted by atomic mass is 9.92. The third-order valence-corrected chi connectivity index (χ3v) is 12.2. The van der Waals surface area contributed by atoms with E-state index in [0.717, 1.165) is 94.6 Å². The van der Waals surface area contributed by atoms with Gasteiger partial charge in [0.2, 0.25) is 12.3 Å². The standard InChI is InChI=1S/C41H55N9O5/c1-2-5-35(39(53)45-26-51)50-40(54)31-9-8-29(20-33(31)41(50)55)48-16-12-28(13-17-48)23-46-14-10-27(11-15-46)24-47-18-19-49-30(25-47)22-44-38(43)36(49)21-34(42)32-6-3-4-7-37(32)52/h3-4,6-9,20-21,26-28,30,35,44,52H,2,5,10-19,22-25,42-43H2,1H3,(H,45,51,53)/b34-21-. The molecule has 0 spiro atoms. The fraction of sp³-hybridized carbons (Fsp3) is 0.512. The fourth-order valence-electron chi connectivity index (χ4n) is 9.14. The number of benzene rings is 2. The minimum Gasteiger partial charge on any atom is -0.507 e. The Balaban J connectivity index is 0.858. The molecule has 0 radical (unpaired) electrons. The van der Waals surface area contributed by atoms with Crippen LogP contribution in [-0.2, 0) is 9.59 Å². The van der Waals surface area contributed by atoms with Gasteiger partial charge in [-0.05, 0) is 93.4 Å². The van der Waals surface area contributed by atoms with Crippen molar-refractivity contribution in [2.75, 3.05) is 70.3 Å². The van der Waals surface area contributed by atoms with Crippen molar-refractivity contribution in [3.05, 3.63) is 76.7 Å². The van der Waals surface area contributed by atoms with Crippen molar-refractivity contribution in [1.82, 2.24) is 30.2 Å². The van der Waals surface area contributed by atoms with Crippen LogP contribution >= 0.6 is 0 Å². The van der Waals surface area contributed by atoms with Gasteiger partial charge in [0.25, 0.3) is 11.8 Å². The number of phenolic OH excluding ortho intramolecular Hbond substituents is 1. The molecule has 14 nitrogen and oxygen atoms in total. The zero-order valence-electron chi connectivity index (χ0n) is 31.8. The van der Waals surface area contributed by atoms with E-state index >= 15 is 0 Å². The van der Waals surface area contributed by atoms with Gasteiger partial charge >= 0.3 is 0 Å². The zero-order chi connectivity index (χ0) is 38.6. The largest absolute Gasteiger partial charge is 0.507 e. The van der Waals surface area contributed by atoms with E-state index < -0.39 is 23.8 Å². The number of imide groups is 2. The highest BCUT2D eigenvalue weighted by Crippen LogP contribution is 2.33. The number of fused-ring (bicyclic) bond motifs is 2. The van der Waals surface area contributed by atoms with Crippen LogP contribution in [0, 0.1) is 11.8 Å². The minimum atomic E-state index is -1.02. The van der Waals surface area contributed by atoms with Gasteiger partial charge in [-0.3, -0.25) is 34.3 Å². The highest BCUT2D eigenvalue weighted by Gasteiger charge is 2.43. The molecule has 5 aliphatic heterocycles. The summed E-state index contributed by atoms with van der Waals surface area (Å²) < 4.78 is 0. The third-order valence-electron chi connectivity index (χ3n) is 12.2. The molecule has 0 aliphatic carbocycles. The Bertz CT molecular complexity index is 1830. The van der Waals surface area contributed by atoms with Crippen LogP contribution in [0.15, 0.2) is 60.1 Å². The number of allylic oxidation sites excluding steroid dienone is 1. The lowest BCUT2D eigenvalue weighted by molar-refractivity contribution is -0.128. The first-order chi connectivity index (χ1) is 26.6. The van der Waals surface area contributed by atoms with Crippen molar-refractivity contribution in [1.29, 1.82) is 0 Å². The number of hydrogen-bond donors (Lipinski definition) is 5. The lowest BCUT2D eigenvalue weighted by Gasteiger charge is -2.47. The summed E-state index contributed by atoms with van der Waals surface area (Å²) >= 11 is 0. The van der Waals surface area contributed by atoms with Crippen LogP contribution in [0.5, 0.6) is 5.75 Å². The molecule has 7 N–H and O–H groups in total. The highest BCUT2D eigenvalue weighted by atomic mass is 16.3. The van der Waals surface area contributed by atoms with Crippen molar-refractivity contribution in [3.8, 4) is 5.75 Å². The number of hydrogen-bond acceptors (Lipinski definition) is 12. The summed E-state index contributed by atoms with van der Waals surface area (Å²) in [5.41, 5.74) is 16.4. The molecule has 7 rings (SSSR count). The van der Waals surface area contributed by atoms with Gasteiger partial charge in [0, 0.05) is 69.3 Å². The molecule has 2 aromatic carbocycles. The monoisotopic (exact) mass is 753 g/mol. The first-order valence-corrected chi connectivity index (χ1v) is 19.9. The highest BCUT2D eigenvalue weighted by molar-refractivity contribution is 6.23. The van der Waals surface area contributed by atoms with Gasteiger partial charge in [0.1, 0.15) is 17.6 Å². The quantitative estimate of drug-likeness (QED) is 0.158. The Kier molecular flexibility index (Phi) is 11.6. The third kappa shape index (κ3) is 8.15. The number of nitrogens with zero attached hydrogens (tertiary/aromatic N) is 5. The molecule has 2 unspecified atom stereocenters. The Labute approximate surface area is 323 Å². The van der Waals surface area contributed by atoms with Gasteiger partial charge in [-0.15, -0.1) is 0 Å². The first-order valence-electron chi connectivity index (χ1n) is 19.9. The van der Waals surface area contributed by atoms with Crippen molar-refractivity contribution >= 4 is 35.5 Å². The van der Waals surface area contributed by atoms with E-state index in [0.29, 0.717) is 52.5 Å². The summed E-state index contributed by atoms with van der Waals surface area (Å²) in [6.45, 7) is 11.7. The topological polar surface area (TPSA) is 181 Å². The van der Waals surface area contributed by atoms with Crippen molar-refractivity contribution in [2.24, 2.45) is 23.3 Å². The summed E-state index contributed by atoms with van der Waals surface area (Å²) in [7, 11) is 0. The predicted molar refractivity (Wildman–Crippen MR) is 210 cm³/mol.